The first kappa shape index (κ1) is 13.5. The molecule has 6 nitrogen and oxygen atoms in total. The molecule has 0 saturated heterocycles. The summed E-state index contributed by atoms with van der Waals surface area (Å²) in [6.45, 7) is 1.52. The number of nitrogens with one attached hydrogen (secondary N) is 2. The Balaban J connectivity index is 2.36. The number of aromatic amines is 1. The van der Waals surface area contributed by atoms with E-state index in [0.29, 0.717) is 5.82 Å². The van der Waals surface area contributed by atoms with Crippen LogP contribution in [0.1, 0.15) is 25.7 Å². The molecule has 0 amide bonds. The van der Waals surface area contributed by atoms with Gasteiger partial charge in [-0.1, -0.05) is 12.8 Å². The van der Waals surface area contributed by atoms with Crippen molar-refractivity contribution in [1.29, 1.82) is 0 Å². The van der Waals surface area contributed by atoms with E-state index >= 15 is 0 Å². The Morgan fingerprint density at radius 1 is 1.41 bits per heavy atom. The fraction of sp³-hybridized carbons (Fsp3) is 0.636. The summed E-state index contributed by atoms with van der Waals surface area (Å²) in [6.07, 6.45) is 5.71. The predicted molar refractivity (Wildman–Crippen MR) is 67.4 cm³/mol. The highest BCUT2D eigenvalue weighted by atomic mass is 16.5. The molecule has 1 rings (SSSR count). The minimum Gasteiger partial charge on any atom is -0.489 e. The lowest BCUT2D eigenvalue weighted by atomic mass is 10.2. The molecule has 6 heteroatoms. The number of unbranched alkanes of at least 4 members (excludes halogenated alkanes) is 3. The first-order valence-electron chi connectivity index (χ1n) is 5.85. The third-order valence-electron chi connectivity index (χ3n) is 2.44. The molecular formula is C11H20N4O2. The van der Waals surface area contributed by atoms with Gasteiger partial charge in [-0.25, -0.2) is 4.98 Å². The maximum absolute atomic E-state index is 11.4. The standard InChI is InChI=1S/C11H20N4O2/c1-17-9-10(14-8-15-11(9)16)13-7-5-3-2-4-6-12/h8H,2-7,12H2,1H3,(H2,13,14,15,16). The molecule has 1 aromatic heterocycles. The highest BCUT2D eigenvalue weighted by Gasteiger charge is 2.07. The van der Waals surface area contributed by atoms with Crippen LogP contribution in [0.2, 0.25) is 0 Å². The highest BCUT2D eigenvalue weighted by Crippen LogP contribution is 2.14. The Morgan fingerprint density at radius 2 is 2.18 bits per heavy atom. The minimum absolute atomic E-state index is 0.231. The topological polar surface area (TPSA) is 93.0 Å². The minimum atomic E-state index is -0.270. The highest BCUT2D eigenvalue weighted by molar-refractivity contribution is 5.47. The first-order valence-corrected chi connectivity index (χ1v) is 5.85. The molecule has 0 aliphatic rings. The molecule has 0 aromatic carbocycles. The zero-order valence-corrected chi connectivity index (χ0v) is 10.2. The monoisotopic (exact) mass is 240 g/mol. The van der Waals surface area contributed by atoms with E-state index in [1.165, 1.54) is 13.4 Å². The predicted octanol–water partition coefficient (Wildman–Crippen LogP) is 0.709. The third kappa shape index (κ3) is 4.44. The van der Waals surface area contributed by atoms with E-state index in [1.54, 1.807) is 0 Å². The summed E-state index contributed by atoms with van der Waals surface area (Å²) < 4.78 is 4.99. The number of H-pyrrole nitrogens is 1. The van der Waals surface area contributed by atoms with Gasteiger partial charge in [0, 0.05) is 6.54 Å². The Kier molecular flexibility index (Phi) is 6.09. The van der Waals surface area contributed by atoms with Crippen LogP contribution in [0.25, 0.3) is 0 Å². The fourth-order valence-corrected chi connectivity index (χ4v) is 1.53. The zero-order valence-electron chi connectivity index (χ0n) is 10.2. The quantitative estimate of drug-likeness (QED) is 0.582. The van der Waals surface area contributed by atoms with Gasteiger partial charge < -0.3 is 20.8 Å². The van der Waals surface area contributed by atoms with Gasteiger partial charge in [0.15, 0.2) is 5.82 Å². The summed E-state index contributed by atoms with van der Waals surface area (Å²) in [5.74, 6) is 0.726. The van der Waals surface area contributed by atoms with Crippen LogP contribution in [0.3, 0.4) is 0 Å². The van der Waals surface area contributed by atoms with E-state index in [9.17, 15) is 4.79 Å². The third-order valence-corrected chi connectivity index (χ3v) is 2.44. The number of rotatable bonds is 8. The van der Waals surface area contributed by atoms with Crippen molar-refractivity contribution in [3.63, 3.8) is 0 Å². The van der Waals surface area contributed by atoms with Crippen molar-refractivity contribution in [3.8, 4) is 5.75 Å². The van der Waals surface area contributed by atoms with E-state index in [0.717, 1.165) is 38.8 Å². The molecule has 0 aliphatic heterocycles. The number of nitrogens with two attached hydrogens (primary N) is 1. The smallest absolute Gasteiger partial charge is 0.295 e. The Bertz CT molecular complexity index is 378. The van der Waals surface area contributed by atoms with Crippen molar-refractivity contribution in [2.45, 2.75) is 25.7 Å². The molecule has 4 N–H and O–H groups in total. The van der Waals surface area contributed by atoms with Crippen LogP contribution in [-0.4, -0.2) is 30.2 Å². The van der Waals surface area contributed by atoms with Crippen LogP contribution >= 0.6 is 0 Å². The molecular weight excluding hydrogens is 220 g/mol. The van der Waals surface area contributed by atoms with Crippen molar-refractivity contribution < 1.29 is 4.74 Å². The lowest BCUT2D eigenvalue weighted by Gasteiger charge is -2.08. The summed E-state index contributed by atoms with van der Waals surface area (Å²) in [4.78, 5) is 17.9. The molecule has 0 aliphatic carbocycles. The number of methoxy groups -OCH3 is 1. The van der Waals surface area contributed by atoms with Gasteiger partial charge in [-0.15, -0.1) is 0 Å². The number of hydrogen-bond donors (Lipinski definition) is 3. The van der Waals surface area contributed by atoms with E-state index in [2.05, 4.69) is 15.3 Å². The van der Waals surface area contributed by atoms with Gasteiger partial charge in [0.05, 0.1) is 13.4 Å². The molecule has 0 atom stereocenters. The number of aromatic nitrogens is 2. The SMILES string of the molecule is COc1c(NCCCCCCN)nc[nH]c1=O. The second kappa shape index (κ2) is 7.67. The van der Waals surface area contributed by atoms with E-state index in [4.69, 9.17) is 10.5 Å². The molecule has 0 bridgehead atoms. The lowest BCUT2D eigenvalue weighted by Crippen LogP contribution is -2.14. The van der Waals surface area contributed by atoms with Crippen LogP contribution in [-0.2, 0) is 0 Å². The largest absolute Gasteiger partial charge is 0.489 e. The zero-order chi connectivity index (χ0) is 12.5. The number of hydrogen-bond acceptors (Lipinski definition) is 5. The first-order chi connectivity index (χ1) is 8.29. The van der Waals surface area contributed by atoms with Gasteiger partial charge >= 0.3 is 0 Å². The van der Waals surface area contributed by atoms with E-state index < -0.39 is 0 Å². The van der Waals surface area contributed by atoms with Crippen molar-refractivity contribution in [2.75, 3.05) is 25.5 Å². The molecule has 1 aromatic rings. The average Bonchev–Trinajstić information content (AvgIpc) is 2.34. The summed E-state index contributed by atoms with van der Waals surface area (Å²) in [5, 5.41) is 3.09. The fourth-order valence-electron chi connectivity index (χ4n) is 1.53. The molecule has 96 valence electrons. The van der Waals surface area contributed by atoms with Crippen LogP contribution in [0, 0.1) is 0 Å². The number of nitrogens with zero attached hydrogens (tertiary/aromatic N) is 1. The molecule has 1 heterocycles. The van der Waals surface area contributed by atoms with Crippen LogP contribution < -0.4 is 21.3 Å². The maximum Gasteiger partial charge on any atom is 0.295 e. The van der Waals surface area contributed by atoms with E-state index in [-0.39, 0.29) is 11.3 Å². The van der Waals surface area contributed by atoms with Crippen LogP contribution in [0.4, 0.5) is 5.82 Å². The number of anilines is 1. The van der Waals surface area contributed by atoms with Crippen LogP contribution in [0.15, 0.2) is 11.1 Å². The van der Waals surface area contributed by atoms with Crippen molar-refractivity contribution in [1.82, 2.24) is 9.97 Å². The maximum atomic E-state index is 11.4. The van der Waals surface area contributed by atoms with Crippen molar-refractivity contribution in [3.05, 3.63) is 16.7 Å². The molecule has 0 fully saturated rings. The van der Waals surface area contributed by atoms with Crippen LogP contribution in [0.5, 0.6) is 5.75 Å². The molecule has 0 saturated carbocycles. The normalized spacial score (nSPS) is 10.2. The number of ether oxygens (including phenoxy) is 1. The van der Waals surface area contributed by atoms with Gasteiger partial charge in [-0.05, 0) is 19.4 Å². The lowest BCUT2D eigenvalue weighted by molar-refractivity contribution is 0.408. The summed E-state index contributed by atoms with van der Waals surface area (Å²) >= 11 is 0. The van der Waals surface area contributed by atoms with E-state index in [1.807, 2.05) is 0 Å². The van der Waals surface area contributed by atoms with Crippen molar-refractivity contribution in [2.24, 2.45) is 5.73 Å². The van der Waals surface area contributed by atoms with Crippen molar-refractivity contribution >= 4 is 5.82 Å². The summed E-state index contributed by atoms with van der Waals surface area (Å²) in [5.41, 5.74) is 5.14. The molecule has 17 heavy (non-hydrogen) atoms. The summed E-state index contributed by atoms with van der Waals surface area (Å²) in [6, 6.07) is 0. The van der Waals surface area contributed by atoms with Gasteiger partial charge in [-0.3, -0.25) is 4.79 Å². The Morgan fingerprint density at radius 3 is 2.88 bits per heavy atom. The van der Waals surface area contributed by atoms with Gasteiger partial charge in [0.1, 0.15) is 0 Å². The molecule has 0 unspecified atom stereocenters. The second-order valence-corrected chi connectivity index (χ2v) is 3.74. The van der Waals surface area contributed by atoms with Gasteiger partial charge in [0.25, 0.3) is 5.56 Å². The average molecular weight is 240 g/mol. The Labute approximate surface area is 101 Å². The molecule has 0 radical (unpaired) electrons. The summed E-state index contributed by atoms with van der Waals surface area (Å²) in [7, 11) is 1.46. The van der Waals surface area contributed by atoms with Gasteiger partial charge in [-0.2, -0.15) is 0 Å². The van der Waals surface area contributed by atoms with Gasteiger partial charge in [0.2, 0.25) is 5.75 Å². The molecule has 0 spiro atoms. The second-order valence-electron chi connectivity index (χ2n) is 3.74. The Hall–Kier alpha value is -1.56.